The Morgan fingerprint density at radius 1 is 1.33 bits per heavy atom. The van der Waals surface area contributed by atoms with Crippen LogP contribution in [0.4, 0.5) is 18.9 Å². The Labute approximate surface area is 110 Å². The quantitative estimate of drug-likeness (QED) is 0.834. The smallest absolute Gasteiger partial charge is 0.404 e. The van der Waals surface area contributed by atoms with Gasteiger partial charge in [0.2, 0.25) is 5.91 Å². The summed E-state index contributed by atoms with van der Waals surface area (Å²) in [7, 11) is 0. The van der Waals surface area contributed by atoms with Gasteiger partial charge in [0.1, 0.15) is 0 Å². The molecule has 0 saturated carbocycles. The Kier molecular flexibility index (Phi) is 3.52. The summed E-state index contributed by atoms with van der Waals surface area (Å²) in [6.45, 7) is 0.411. The molecule has 0 aromatic heterocycles. The zero-order valence-electron chi connectivity index (χ0n) is 9.13. The molecule has 18 heavy (non-hydrogen) atoms. The van der Waals surface area contributed by atoms with Crippen molar-refractivity contribution in [3.63, 3.8) is 0 Å². The van der Waals surface area contributed by atoms with Gasteiger partial charge in [-0.05, 0) is 24.6 Å². The molecule has 0 aliphatic carbocycles. The predicted octanol–water partition coefficient (Wildman–Crippen LogP) is 3.47. The first kappa shape index (κ1) is 13.2. The molecule has 0 unspecified atom stereocenters. The zero-order valence-corrected chi connectivity index (χ0v) is 10.7. The van der Waals surface area contributed by atoms with Crippen LogP contribution in [0.1, 0.15) is 12.8 Å². The average molecular weight is 324 g/mol. The first-order valence-electron chi connectivity index (χ1n) is 5.22. The fourth-order valence-corrected chi connectivity index (χ4v) is 2.16. The van der Waals surface area contributed by atoms with Crippen LogP contribution in [0.3, 0.4) is 0 Å². The monoisotopic (exact) mass is 323 g/mol. The summed E-state index contributed by atoms with van der Waals surface area (Å²) in [6.07, 6.45) is -3.79. The molecule has 0 bridgehead atoms. The molecule has 0 radical (unpaired) electrons. The number of carbonyl (C=O) groups is 1. The topological polar surface area (TPSA) is 29.5 Å². The van der Waals surface area contributed by atoms with E-state index < -0.39 is 6.36 Å². The largest absolute Gasteiger partial charge is 0.573 e. The molecule has 2 rings (SSSR count). The van der Waals surface area contributed by atoms with E-state index in [4.69, 9.17) is 0 Å². The van der Waals surface area contributed by atoms with Crippen LogP contribution < -0.4 is 9.64 Å². The molecular weight excluding hydrogens is 315 g/mol. The predicted molar refractivity (Wildman–Crippen MR) is 62.4 cm³/mol. The number of nitrogens with zero attached hydrogens (tertiary/aromatic N) is 1. The van der Waals surface area contributed by atoms with E-state index in [1.807, 2.05) is 0 Å². The summed E-state index contributed by atoms with van der Waals surface area (Å²) in [5.74, 6) is -0.559. The van der Waals surface area contributed by atoms with Crippen LogP contribution in [0.15, 0.2) is 22.7 Å². The second kappa shape index (κ2) is 4.79. The van der Waals surface area contributed by atoms with Crippen molar-refractivity contribution >= 4 is 27.5 Å². The van der Waals surface area contributed by atoms with Crippen molar-refractivity contribution in [3.8, 4) is 5.75 Å². The fraction of sp³-hybridized carbons (Fsp3) is 0.364. The number of amides is 1. The van der Waals surface area contributed by atoms with Crippen LogP contribution in [0.2, 0.25) is 0 Å². The third-order valence-corrected chi connectivity index (χ3v) is 3.01. The van der Waals surface area contributed by atoms with Crippen LogP contribution in [0.25, 0.3) is 0 Å². The van der Waals surface area contributed by atoms with Gasteiger partial charge < -0.3 is 9.64 Å². The highest BCUT2D eigenvalue weighted by Crippen LogP contribution is 2.37. The molecule has 1 heterocycles. The highest BCUT2D eigenvalue weighted by Gasteiger charge is 2.34. The van der Waals surface area contributed by atoms with Gasteiger partial charge in [-0.2, -0.15) is 0 Å². The summed E-state index contributed by atoms with van der Waals surface area (Å²) in [5.41, 5.74) is 0.151. The van der Waals surface area contributed by atoms with Gasteiger partial charge in [-0.3, -0.25) is 4.79 Å². The Bertz CT molecular complexity index is 476. The fourth-order valence-electron chi connectivity index (χ4n) is 1.82. The number of anilines is 1. The Balaban J connectivity index is 2.37. The van der Waals surface area contributed by atoms with Crippen LogP contribution in [-0.4, -0.2) is 18.8 Å². The molecule has 1 amide bonds. The molecule has 0 N–H and O–H groups in total. The maximum absolute atomic E-state index is 12.3. The van der Waals surface area contributed by atoms with Gasteiger partial charge in [0, 0.05) is 17.4 Å². The summed E-state index contributed by atoms with van der Waals surface area (Å²) in [5, 5.41) is 0. The third-order valence-electron chi connectivity index (χ3n) is 2.51. The lowest BCUT2D eigenvalue weighted by Gasteiger charge is -2.20. The van der Waals surface area contributed by atoms with Crippen molar-refractivity contribution in [2.45, 2.75) is 19.2 Å². The number of hydrogen-bond donors (Lipinski definition) is 0. The maximum atomic E-state index is 12.3. The number of alkyl halides is 3. The van der Waals surface area contributed by atoms with Gasteiger partial charge in [0.15, 0.2) is 5.75 Å². The summed E-state index contributed by atoms with van der Waals surface area (Å²) < 4.78 is 41.3. The Morgan fingerprint density at radius 3 is 2.61 bits per heavy atom. The highest BCUT2D eigenvalue weighted by atomic mass is 79.9. The number of carbonyl (C=O) groups excluding carboxylic acids is 1. The van der Waals surface area contributed by atoms with Crippen LogP contribution in [-0.2, 0) is 4.79 Å². The van der Waals surface area contributed by atoms with Crippen molar-refractivity contribution in [3.05, 3.63) is 22.7 Å². The first-order valence-corrected chi connectivity index (χ1v) is 6.02. The third kappa shape index (κ3) is 2.95. The van der Waals surface area contributed by atoms with E-state index >= 15 is 0 Å². The van der Waals surface area contributed by atoms with Crippen molar-refractivity contribution in [1.29, 1.82) is 0 Å². The molecule has 7 heteroatoms. The van der Waals surface area contributed by atoms with Gasteiger partial charge in [-0.15, -0.1) is 13.2 Å². The molecule has 1 aliphatic heterocycles. The lowest BCUT2D eigenvalue weighted by Crippen LogP contribution is -2.26. The molecule has 1 aliphatic rings. The standard InChI is InChI=1S/C11H9BrF3NO2/c12-7-3-4-8(16-5-1-2-10(16)17)9(6-7)18-11(13,14)15/h3-4,6H,1-2,5H2. The summed E-state index contributed by atoms with van der Waals surface area (Å²) in [6, 6.07) is 4.22. The molecule has 0 spiro atoms. The lowest BCUT2D eigenvalue weighted by atomic mass is 10.2. The Hall–Kier alpha value is -1.24. The molecule has 0 atom stereocenters. The number of halogens is 4. The maximum Gasteiger partial charge on any atom is 0.573 e. The van der Waals surface area contributed by atoms with Gasteiger partial charge in [0.05, 0.1) is 5.69 Å². The zero-order chi connectivity index (χ0) is 13.3. The van der Waals surface area contributed by atoms with E-state index in [9.17, 15) is 18.0 Å². The second-order valence-electron chi connectivity index (χ2n) is 3.81. The molecule has 1 saturated heterocycles. The van der Waals surface area contributed by atoms with E-state index in [0.29, 0.717) is 23.9 Å². The van der Waals surface area contributed by atoms with Crippen LogP contribution >= 0.6 is 15.9 Å². The van der Waals surface area contributed by atoms with Crippen LogP contribution in [0.5, 0.6) is 5.75 Å². The van der Waals surface area contributed by atoms with E-state index in [0.717, 1.165) is 0 Å². The molecule has 98 valence electrons. The van der Waals surface area contributed by atoms with E-state index in [2.05, 4.69) is 20.7 Å². The van der Waals surface area contributed by atoms with Crippen molar-refractivity contribution in [2.24, 2.45) is 0 Å². The number of hydrogen-bond acceptors (Lipinski definition) is 2. The minimum absolute atomic E-state index is 0.151. The summed E-state index contributed by atoms with van der Waals surface area (Å²) in [4.78, 5) is 12.9. The van der Waals surface area contributed by atoms with Gasteiger partial charge in [-0.25, -0.2) is 0 Å². The molecule has 1 aromatic carbocycles. The van der Waals surface area contributed by atoms with E-state index in [1.165, 1.54) is 17.0 Å². The minimum Gasteiger partial charge on any atom is -0.404 e. The molecule has 3 nitrogen and oxygen atoms in total. The number of benzene rings is 1. The summed E-state index contributed by atoms with van der Waals surface area (Å²) >= 11 is 3.08. The van der Waals surface area contributed by atoms with E-state index in [1.54, 1.807) is 6.07 Å². The second-order valence-corrected chi connectivity index (χ2v) is 4.72. The van der Waals surface area contributed by atoms with Crippen molar-refractivity contribution < 1.29 is 22.7 Å². The minimum atomic E-state index is -4.78. The SMILES string of the molecule is O=C1CCCN1c1ccc(Br)cc1OC(F)(F)F. The van der Waals surface area contributed by atoms with Crippen molar-refractivity contribution in [2.75, 3.05) is 11.4 Å². The molecular formula is C11H9BrF3NO2. The van der Waals surface area contributed by atoms with Crippen molar-refractivity contribution in [1.82, 2.24) is 0 Å². The lowest BCUT2D eigenvalue weighted by molar-refractivity contribution is -0.274. The molecule has 1 aromatic rings. The Morgan fingerprint density at radius 2 is 2.06 bits per heavy atom. The number of ether oxygens (including phenoxy) is 1. The highest BCUT2D eigenvalue weighted by molar-refractivity contribution is 9.10. The normalized spacial score (nSPS) is 16.2. The van der Waals surface area contributed by atoms with Gasteiger partial charge >= 0.3 is 6.36 Å². The first-order chi connectivity index (χ1) is 8.37. The average Bonchev–Trinajstić information content (AvgIpc) is 2.62. The number of rotatable bonds is 2. The van der Waals surface area contributed by atoms with Gasteiger partial charge in [-0.1, -0.05) is 15.9 Å². The molecule has 1 fully saturated rings. The van der Waals surface area contributed by atoms with Crippen LogP contribution in [0, 0.1) is 0 Å². The van der Waals surface area contributed by atoms with Gasteiger partial charge in [0.25, 0.3) is 0 Å². The van der Waals surface area contributed by atoms with E-state index in [-0.39, 0.29) is 17.3 Å².